The van der Waals surface area contributed by atoms with Crippen LogP contribution in [0.2, 0.25) is 0 Å². The summed E-state index contributed by atoms with van der Waals surface area (Å²) in [7, 11) is 0. The van der Waals surface area contributed by atoms with E-state index in [0.717, 1.165) is 29.4 Å². The molecule has 2 aromatic carbocycles. The second-order valence-corrected chi connectivity index (χ2v) is 5.46. The molecule has 0 unspecified atom stereocenters. The number of para-hydroxylation sites is 1. The van der Waals surface area contributed by atoms with E-state index in [1.807, 2.05) is 12.1 Å². The Labute approximate surface area is 142 Å². The van der Waals surface area contributed by atoms with Crippen molar-refractivity contribution < 1.29 is 22.7 Å². The number of anilines is 1. The number of carbonyl (C=O) groups excluding carboxylic acids is 1. The lowest BCUT2D eigenvalue weighted by Crippen LogP contribution is -2.28. The lowest BCUT2D eigenvalue weighted by molar-refractivity contribution is -0.137. The smallest absolute Gasteiger partial charge is 0.418 e. The summed E-state index contributed by atoms with van der Waals surface area (Å²) in [5.74, 6) is 0.278. The number of alkyl halides is 3. The lowest BCUT2D eigenvalue weighted by atomic mass is 10.1. The van der Waals surface area contributed by atoms with E-state index < -0.39 is 17.6 Å². The molecule has 130 valence electrons. The zero-order chi connectivity index (χ0) is 17.9. The van der Waals surface area contributed by atoms with Gasteiger partial charge in [-0.3, -0.25) is 15.6 Å². The van der Waals surface area contributed by atoms with Gasteiger partial charge in [-0.25, -0.2) is 0 Å². The first-order valence-corrected chi connectivity index (χ1v) is 7.59. The Morgan fingerprint density at radius 1 is 1.16 bits per heavy atom. The molecule has 0 fully saturated rings. The predicted molar refractivity (Wildman–Crippen MR) is 87.9 cm³/mol. The van der Waals surface area contributed by atoms with Gasteiger partial charge in [0.2, 0.25) is 0 Å². The number of halogens is 3. The van der Waals surface area contributed by atoms with Crippen LogP contribution < -0.4 is 15.6 Å². The number of rotatable bonds is 4. The van der Waals surface area contributed by atoms with E-state index in [1.54, 1.807) is 12.1 Å². The molecule has 7 heteroatoms. The molecule has 0 aliphatic carbocycles. The van der Waals surface area contributed by atoms with E-state index in [2.05, 4.69) is 10.9 Å². The van der Waals surface area contributed by atoms with Gasteiger partial charge in [0.05, 0.1) is 17.9 Å². The SMILES string of the molecule is O=C(/C=C/c1ccc2c(c1)CCO2)NNc1ccccc1C(F)(F)F. The summed E-state index contributed by atoms with van der Waals surface area (Å²) in [6.07, 6.45) is -0.846. The number of nitrogens with one attached hydrogen (secondary N) is 2. The second-order valence-electron chi connectivity index (χ2n) is 5.46. The van der Waals surface area contributed by atoms with E-state index in [9.17, 15) is 18.0 Å². The largest absolute Gasteiger partial charge is 0.493 e. The Kier molecular flexibility index (Phi) is 4.65. The Hall–Kier alpha value is -2.96. The van der Waals surface area contributed by atoms with Crippen molar-refractivity contribution in [1.82, 2.24) is 5.43 Å². The third-order valence-electron chi connectivity index (χ3n) is 3.69. The van der Waals surface area contributed by atoms with Gasteiger partial charge in [-0.05, 0) is 41.5 Å². The highest BCUT2D eigenvalue weighted by Crippen LogP contribution is 2.34. The van der Waals surface area contributed by atoms with E-state index in [-0.39, 0.29) is 5.69 Å². The number of carbonyl (C=O) groups is 1. The summed E-state index contributed by atoms with van der Waals surface area (Å²) < 4.78 is 44.0. The standard InChI is InChI=1S/C18H15F3N2O2/c19-18(20,21)14-3-1-2-4-15(14)22-23-17(24)8-6-12-5-7-16-13(11-12)9-10-25-16/h1-8,11,22H,9-10H2,(H,23,24)/b8-6+. The Bertz CT molecular complexity index is 816. The van der Waals surface area contributed by atoms with Gasteiger partial charge in [0.1, 0.15) is 5.75 Å². The summed E-state index contributed by atoms with van der Waals surface area (Å²) in [5, 5.41) is 0. The van der Waals surface area contributed by atoms with Crippen molar-refractivity contribution in [3.63, 3.8) is 0 Å². The summed E-state index contributed by atoms with van der Waals surface area (Å²) >= 11 is 0. The van der Waals surface area contributed by atoms with Crippen molar-refractivity contribution in [1.29, 1.82) is 0 Å². The molecule has 4 nitrogen and oxygen atoms in total. The van der Waals surface area contributed by atoms with Gasteiger partial charge in [-0.1, -0.05) is 18.2 Å². The molecular formula is C18H15F3N2O2. The Morgan fingerprint density at radius 2 is 1.96 bits per heavy atom. The van der Waals surface area contributed by atoms with Crippen LogP contribution >= 0.6 is 0 Å². The molecule has 0 saturated carbocycles. The molecule has 25 heavy (non-hydrogen) atoms. The fraction of sp³-hybridized carbons (Fsp3) is 0.167. The molecule has 0 spiro atoms. The van der Waals surface area contributed by atoms with Crippen molar-refractivity contribution in [3.05, 3.63) is 65.2 Å². The van der Waals surface area contributed by atoms with Gasteiger partial charge in [0.25, 0.3) is 5.91 Å². The van der Waals surface area contributed by atoms with Crippen LogP contribution in [-0.4, -0.2) is 12.5 Å². The van der Waals surface area contributed by atoms with Gasteiger partial charge >= 0.3 is 6.18 Å². The van der Waals surface area contributed by atoms with Crippen LogP contribution in [0.5, 0.6) is 5.75 Å². The number of hydrogen-bond acceptors (Lipinski definition) is 3. The second kappa shape index (κ2) is 6.88. The Morgan fingerprint density at radius 3 is 2.76 bits per heavy atom. The van der Waals surface area contributed by atoms with Gasteiger partial charge in [0.15, 0.2) is 0 Å². The fourth-order valence-corrected chi connectivity index (χ4v) is 2.49. The molecular weight excluding hydrogens is 333 g/mol. The van der Waals surface area contributed by atoms with Gasteiger partial charge in [0, 0.05) is 12.5 Å². The molecule has 0 saturated heterocycles. The van der Waals surface area contributed by atoms with Crippen molar-refractivity contribution in [3.8, 4) is 5.75 Å². The van der Waals surface area contributed by atoms with Crippen molar-refractivity contribution >= 4 is 17.7 Å². The zero-order valence-corrected chi connectivity index (χ0v) is 13.1. The van der Waals surface area contributed by atoms with Crippen LogP contribution in [0.25, 0.3) is 6.08 Å². The normalized spacial score (nSPS) is 13.4. The predicted octanol–water partition coefficient (Wildman–Crippen LogP) is 3.80. The monoisotopic (exact) mass is 348 g/mol. The van der Waals surface area contributed by atoms with Crippen molar-refractivity contribution in [2.24, 2.45) is 0 Å². The number of ether oxygens (including phenoxy) is 1. The lowest BCUT2D eigenvalue weighted by Gasteiger charge is -2.14. The quantitative estimate of drug-likeness (QED) is 0.653. The van der Waals surface area contributed by atoms with Crippen molar-refractivity contribution in [2.75, 3.05) is 12.0 Å². The summed E-state index contributed by atoms with van der Waals surface area (Å²) in [6, 6.07) is 10.5. The molecule has 3 rings (SSSR count). The third-order valence-corrected chi connectivity index (χ3v) is 3.69. The van der Waals surface area contributed by atoms with Gasteiger partial charge < -0.3 is 4.74 Å². The molecule has 0 bridgehead atoms. The van der Waals surface area contributed by atoms with E-state index in [0.29, 0.717) is 6.61 Å². The first-order valence-electron chi connectivity index (χ1n) is 7.59. The number of hydrazine groups is 1. The molecule has 0 radical (unpaired) electrons. The first kappa shape index (κ1) is 16.9. The summed E-state index contributed by atoms with van der Waals surface area (Å²) in [4.78, 5) is 11.8. The molecule has 2 N–H and O–H groups in total. The van der Waals surface area contributed by atoms with E-state index >= 15 is 0 Å². The maximum Gasteiger partial charge on any atom is 0.418 e. The fourth-order valence-electron chi connectivity index (χ4n) is 2.49. The molecule has 0 aromatic heterocycles. The first-order chi connectivity index (χ1) is 11.9. The average Bonchev–Trinajstić information content (AvgIpc) is 3.05. The summed E-state index contributed by atoms with van der Waals surface area (Å²) in [5.41, 5.74) is 5.36. The molecule has 0 atom stereocenters. The minimum Gasteiger partial charge on any atom is -0.493 e. The average molecular weight is 348 g/mol. The van der Waals surface area contributed by atoms with Crippen LogP contribution in [0.15, 0.2) is 48.5 Å². The van der Waals surface area contributed by atoms with E-state index in [4.69, 9.17) is 4.74 Å². The highest BCUT2D eigenvalue weighted by Gasteiger charge is 2.33. The minimum atomic E-state index is -4.50. The summed E-state index contributed by atoms with van der Waals surface area (Å²) in [6.45, 7) is 0.644. The van der Waals surface area contributed by atoms with Crippen LogP contribution in [0.1, 0.15) is 16.7 Å². The molecule has 1 aliphatic rings. The highest BCUT2D eigenvalue weighted by molar-refractivity contribution is 5.92. The number of hydrogen-bond donors (Lipinski definition) is 2. The molecule has 1 heterocycles. The van der Waals surface area contributed by atoms with Gasteiger partial charge in [-0.15, -0.1) is 0 Å². The maximum absolute atomic E-state index is 12.9. The minimum absolute atomic E-state index is 0.216. The number of benzene rings is 2. The highest BCUT2D eigenvalue weighted by atomic mass is 19.4. The Balaban J connectivity index is 1.62. The van der Waals surface area contributed by atoms with Crippen LogP contribution in [0, 0.1) is 0 Å². The van der Waals surface area contributed by atoms with Gasteiger partial charge in [-0.2, -0.15) is 13.2 Å². The number of amides is 1. The third kappa shape index (κ3) is 4.12. The van der Waals surface area contributed by atoms with Crippen molar-refractivity contribution in [2.45, 2.75) is 12.6 Å². The molecule has 1 aliphatic heterocycles. The topological polar surface area (TPSA) is 50.4 Å². The number of fused-ring (bicyclic) bond motifs is 1. The molecule has 1 amide bonds. The molecule has 2 aromatic rings. The van der Waals surface area contributed by atoms with Crippen LogP contribution in [0.3, 0.4) is 0 Å². The van der Waals surface area contributed by atoms with Crippen LogP contribution in [0.4, 0.5) is 18.9 Å². The maximum atomic E-state index is 12.9. The van der Waals surface area contributed by atoms with Crippen LogP contribution in [-0.2, 0) is 17.4 Å². The van der Waals surface area contributed by atoms with E-state index in [1.165, 1.54) is 24.3 Å². The zero-order valence-electron chi connectivity index (χ0n) is 13.1.